The van der Waals surface area contributed by atoms with Crippen molar-refractivity contribution in [2.24, 2.45) is 23.0 Å². The number of nitrogens with two attached hydrogens (primary N) is 1. The highest BCUT2D eigenvalue weighted by molar-refractivity contribution is 6.01. The van der Waals surface area contributed by atoms with E-state index < -0.39 is 11.4 Å². The van der Waals surface area contributed by atoms with Crippen molar-refractivity contribution in [2.75, 3.05) is 19.7 Å². The van der Waals surface area contributed by atoms with E-state index in [0.717, 1.165) is 19.4 Å². The number of esters is 1. The fraction of sp³-hybridized carbons (Fsp3) is 0.857. The smallest absolute Gasteiger partial charge is 0.321 e. The summed E-state index contributed by atoms with van der Waals surface area (Å²) in [6.07, 6.45) is 2.15. The zero-order valence-corrected chi connectivity index (χ0v) is 13.2. The fourth-order valence-electron chi connectivity index (χ4n) is 3.27. The van der Waals surface area contributed by atoms with Gasteiger partial charge in [0.2, 0.25) is 5.91 Å². The van der Waals surface area contributed by atoms with Gasteiger partial charge in [-0.05, 0) is 45.4 Å². The first kappa shape index (κ1) is 17.2. The van der Waals surface area contributed by atoms with E-state index in [2.05, 4.69) is 0 Å². The normalized spacial score (nSPS) is 28.8. The number of rotatable bonds is 3. The van der Waals surface area contributed by atoms with Crippen molar-refractivity contribution < 1.29 is 14.3 Å². The lowest BCUT2D eigenvalue weighted by Gasteiger charge is -2.28. The minimum Gasteiger partial charge on any atom is -0.465 e. The number of hydrogen-bond donors (Lipinski definition) is 1. The van der Waals surface area contributed by atoms with Crippen LogP contribution in [0.25, 0.3) is 0 Å². The minimum absolute atomic E-state index is 0. The van der Waals surface area contributed by atoms with Crippen molar-refractivity contribution in [1.29, 1.82) is 0 Å². The summed E-state index contributed by atoms with van der Waals surface area (Å²) in [6.45, 7) is 6.75. The molecule has 0 aromatic heterocycles. The van der Waals surface area contributed by atoms with Gasteiger partial charge in [-0.3, -0.25) is 9.59 Å². The zero-order chi connectivity index (χ0) is 14.2. The molecular formula is C14H25ClN2O3. The molecule has 3 atom stereocenters. The average molecular weight is 305 g/mol. The fourth-order valence-corrected chi connectivity index (χ4v) is 3.27. The van der Waals surface area contributed by atoms with E-state index in [4.69, 9.17) is 10.5 Å². The monoisotopic (exact) mass is 304 g/mol. The first-order valence-electron chi connectivity index (χ1n) is 7.10. The van der Waals surface area contributed by atoms with Crippen LogP contribution in [0.5, 0.6) is 0 Å². The van der Waals surface area contributed by atoms with Crippen molar-refractivity contribution >= 4 is 24.3 Å². The Morgan fingerprint density at radius 3 is 2.50 bits per heavy atom. The number of halogens is 1. The molecule has 0 radical (unpaired) electrons. The van der Waals surface area contributed by atoms with Gasteiger partial charge in [0.05, 0.1) is 6.61 Å². The largest absolute Gasteiger partial charge is 0.465 e. The van der Waals surface area contributed by atoms with Gasteiger partial charge in [-0.15, -0.1) is 12.4 Å². The maximum absolute atomic E-state index is 12.5. The van der Waals surface area contributed by atoms with Crippen molar-refractivity contribution in [3.05, 3.63) is 0 Å². The van der Waals surface area contributed by atoms with Crippen LogP contribution in [-0.4, -0.2) is 42.5 Å². The number of carbonyl (C=O) groups excluding carboxylic acids is 2. The minimum atomic E-state index is -1.10. The maximum Gasteiger partial charge on any atom is 0.321 e. The number of ether oxygens (including phenoxy) is 1. The molecule has 2 rings (SSSR count). The molecule has 1 aliphatic heterocycles. The van der Waals surface area contributed by atoms with Gasteiger partial charge in [0, 0.05) is 19.1 Å². The van der Waals surface area contributed by atoms with E-state index >= 15 is 0 Å². The molecule has 1 saturated heterocycles. The molecule has 2 fully saturated rings. The average Bonchev–Trinajstić information content (AvgIpc) is 2.91. The number of fused-ring (bicyclic) bond motifs is 1. The molecule has 6 heteroatoms. The first-order valence-corrected chi connectivity index (χ1v) is 7.10. The molecular weight excluding hydrogens is 280 g/mol. The summed E-state index contributed by atoms with van der Waals surface area (Å²) in [5, 5.41) is 0. The second-order valence-corrected chi connectivity index (χ2v) is 6.22. The summed E-state index contributed by atoms with van der Waals surface area (Å²) < 4.78 is 4.99. The van der Waals surface area contributed by atoms with Gasteiger partial charge in [0.1, 0.15) is 5.41 Å². The molecule has 0 spiro atoms. The summed E-state index contributed by atoms with van der Waals surface area (Å²) >= 11 is 0. The van der Waals surface area contributed by atoms with Gasteiger partial charge in [0.25, 0.3) is 0 Å². The molecule has 2 aliphatic rings. The van der Waals surface area contributed by atoms with Crippen LogP contribution in [0.2, 0.25) is 0 Å². The highest BCUT2D eigenvalue weighted by atomic mass is 35.5. The molecule has 116 valence electrons. The Kier molecular flexibility index (Phi) is 5.44. The molecule has 5 nitrogen and oxygen atoms in total. The van der Waals surface area contributed by atoms with Crippen LogP contribution in [0, 0.1) is 17.3 Å². The molecule has 0 aromatic rings. The molecule has 1 aliphatic carbocycles. The third-order valence-electron chi connectivity index (χ3n) is 4.52. The summed E-state index contributed by atoms with van der Waals surface area (Å²) in [7, 11) is 0. The van der Waals surface area contributed by atoms with Crippen molar-refractivity contribution in [1.82, 2.24) is 4.90 Å². The number of likely N-dealkylation sites (tertiary alicyclic amines) is 1. The summed E-state index contributed by atoms with van der Waals surface area (Å²) in [6, 6.07) is 0.202. The summed E-state index contributed by atoms with van der Waals surface area (Å²) in [5.41, 5.74) is 4.97. The quantitative estimate of drug-likeness (QED) is 0.628. The predicted octanol–water partition coefficient (Wildman–Crippen LogP) is 1.19. The molecule has 1 saturated carbocycles. The van der Waals surface area contributed by atoms with Gasteiger partial charge in [-0.2, -0.15) is 0 Å². The highest BCUT2D eigenvalue weighted by Gasteiger charge is 2.47. The van der Waals surface area contributed by atoms with Crippen molar-refractivity contribution in [3.8, 4) is 0 Å². The molecule has 20 heavy (non-hydrogen) atoms. The Hall–Kier alpha value is -0.810. The van der Waals surface area contributed by atoms with Gasteiger partial charge in [-0.1, -0.05) is 0 Å². The lowest BCUT2D eigenvalue weighted by atomic mass is 9.91. The molecule has 1 heterocycles. The number of amides is 1. The Morgan fingerprint density at radius 1 is 1.30 bits per heavy atom. The molecule has 2 N–H and O–H groups in total. The lowest BCUT2D eigenvalue weighted by Crippen LogP contribution is -2.45. The number of carbonyl (C=O) groups is 2. The number of nitrogens with zero attached hydrogens (tertiary/aromatic N) is 1. The van der Waals surface area contributed by atoms with Crippen LogP contribution in [0.1, 0.15) is 33.6 Å². The van der Waals surface area contributed by atoms with Crippen LogP contribution in [0.3, 0.4) is 0 Å². The lowest BCUT2D eigenvalue weighted by molar-refractivity contribution is -0.162. The van der Waals surface area contributed by atoms with Crippen molar-refractivity contribution in [3.63, 3.8) is 0 Å². The Balaban J connectivity index is 0.00000200. The Labute approximate surface area is 126 Å². The third-order valence-corrected chi connectivity index (χ3v) is 4.52. The maximum atomic E-state index is 12.5. The number of hydrogen-bond acceptors (Lipinski definition) is 4. The van der Waals surface area contributed by atoms with Crippen LogP contribution in [-0.2, 0) is 14.3 Å². The second kappa shape index (κ2) is 6.31. The van der Waals surface area contributed by atoms with Gasteiger partial charge >= 0.3 is 5.97 Å². The van der Waals surface area contributed by atoms with Crippen LogP contribution >= 0.6 is 12.4 Å². The van der Waals surface area contributed by atoms with E-state index in [1.165, 1.54) is 0 Å². The summed E-state index contributed by atoms with van der Waals surface area (Å²) in [4.78, 5) is 26.2. The van der Waals surface area contributed by atoms with E-state index in [0.29, 0.717) is 25.0 Å². The van der Waals surface area contributed by atoms with Crippen LogP contribution in [0.4, 0.5) is 0 Å². The van der Waals surface area contributed by atoms with Gasteiger partial charge in [-0.25, -0.2) is 0 Å². The first-order chi connectivity index (χ1) is 8.87. The van der Waals surface area contributed by atoms with E-state index in [-0.39, 0.29) is 24.4 Å². The Bertz CT molecular complexity index is 387. The van der Waals surface area contributed by atoms with Gasteiger partial charge in [0.15, 0.2) is 0 Å². The summed E-state index contributed by atoms with van der Waals surface area (Å²) in [5.74, 6) is 0.341. The van der Waals surface area contributed by atoms with E-state index in [1.54, 1.807) is 25.7 Å². The van der Waals surface area contributed by atoms with Crippen molar-refractivity contribution in [2.45, 2.75) is 39.7 Å². The Morgan fingerprint density at radius 2 is 1.95 bits per heavy atom. The topological polar surface area (TPSA) is 72.6 Å². The SMILES string of the molecule is CCOC(=O)C(C)(C)C(=O)N1CC2CCC(N)C2C1.Cl. The molecule has 3 unspecified atom stereocenters. The zero-order valence-electron chi connectivity index (χ0n) is 12.4. The highest BCUT2D eigenvalue weighted by Crippen LogP contribution is 2.38. The van der Waals surface area contributed by atoms with Crippen LogP contribution in [0.15, 0.2) is 0 Å². The van der Waals surface area contributed by atoms with Gasteiger partial charge < -0.3 is 15.4 Å². The van der Waals surface area contributed by atoms with E-state index in [1.807, 2.05) is 0 Å². The predicted molar refractivity (Wildman–Crippen MR) is 78.4 cm³/mol. The second-order valence-electron chi connectivity index (χ2n) is 6.22. The van der Waals surface area contributed by atoms with E-state index in [9.17, 15) is 9.59 Å². The standard InChI is InChI=1S/C14H24N2O3.ClH/c1-4-19-13(18)14(2,3)12(17)16-7-9-5-6-11(15)10(9)8-16;/h9-11H,4-8,15H2,1-3H3;1H. The third kappa shape index (κ3) is 2.93. The van der Waals surface area contributed by atoms with Crippen LogP contribution < -0.4 is 5.73 Å². The molecule has 0 bridgehead atoms. The molecule has 1 amide bonds. The molecule has 0 aromatic carbocycles.